The summed E-state index contributed by atoms with van der Waals surface area (Å²) in [7, 11) is 0. The van der Waals surface area contributed by atoms with Crippen LogP contribution < -0.4 is 5.32 Å². The van der Waals surface area contributed by atoms with E-state index >= 15 is 0 Å². The number of aliphatic imine (C=N–C) groups is 1. The van der Waals surface area contributed by atoms with Crippen molar-refractivity contribution in [1.29, 1.82) is 0 Å². The van der Waals surface area contributed by atoms with Gasteiger partial charge in [-0.25, -0.2) is 4.79 Å². The summed E-state index contributed by atoms with van der Waals surface area (Å²) in [5.41, 5.74) is 7.04. The molecule has 164 valence electrons. The summed E-state index contributed by atoms with van der Waals surface area (Å²) in [5.74, 6) is -1.49. The Labute approximate surface area is 184 Å². The number of nitrogens with one attached hydrogen (secondary N) is 1. The summed E-state index contributed by atoms with van der Waals surface area (Å²) in [5, 5.41) is 13.8. The highest BCUT2D eigenvalue weighted by atomic mass is 16.5. The lowest BCUT2D eigenvalue weighted by molar-refractivity contribution is -0.163. The molecule has 3 atom stereocenters. The van der Waals surface area contributed by atoms with Gasteiger partial charge in [-0.1, -0.05) is 30.3 Å². The van der Waals surface area contributed by atoms with Crippen LogP contribution in [0.4, 0.5) is 11.4 Å². The van der Waals surface area contributed by atoms with E-state index in [9.17, 15) is 9.90 Å². The molecule has 2 aromatic carbocycles. The molecule has 2 heterocycles. The van der Waals surface area contributed by atoms with Crippen LogP contribution in [0, 0.1) is 12.8 Å². The third-order valence-corrected chi connectivity index (χ3v) is 6.31. The number of carboxylic acids is 1. The smallest absolute Gasteiger partial charge is 0.333 e. The molecule has 0 bridgehead atoms. The van der Waals surface area contributed by atoms with Crippen molar-refractivity contribution in [1.82, 2.24) is 0 Å². The van der Waals surface area contributed by atoms with Crippen LogP contribution in [0.3, 0.4) is 0 Å². The normalized spacial score (nSPS) is 21.4. The highest BCUT2D eigenvalue weighted by molar-refractivity contribution is 5.95. The van der Waals surface area contributed by atoms with E-state index in [0.29, 0.717) is 0 Å². The van der Waals surface area contributed by atoms with Crippen LogP contribution in [0.5, 0.6) is 0 Å². The van der Waals surface area contributed by atoms with Crippen molar-refractivity contribution in [2.24, 2.45) is 10.9 Å². The average molecular weight is 421 g/mol. The second kappa shape index (κ2) is 8.12. The molecule has 2 N–H and O–H groups in total. The average Bonchev–Trinajstić information content (AvgIpc) is 2.71. The number of rotatable bonds is 4. The molecule has 2 unspecified atom stereocenters. The van der Waals surface area contributed by atoms with Crippen LogP contribution in [-0.4, -0.2) is 35.0 Å². The number of carboxylic acid groups (broad SMARTS) is 1. The van der Waals surface area contributed by atoms with Crippen molar-refractivity contribution in [2.75, 3.05) is 11.9 Å². The fraction of sp³-hybridized carbons (Fsp3) is 0.462. The first kappa shape index (κ1) is 21.6. The second-order valence-corrected chi connectivity index (χ2v) is 9.65. The third-order valence-electron chi connectivity index (χ3n) is 6.31. The molecule has 0 aliphatic carbocycles. The quantitative estimate of drug-likeness (QED) is 0.687. The molecular weight excluding hydrogens is 388 g/mol. The highest BCUT2D eigenvalue weighted by Crippen LogP contribution is 2.47. The van der Waals surface area contributed by atoms with Crippen LogP contribution in [0.15, 0.2) is 41.4 Å². The van der Waals surface area contributed by atoms with Gasteiger partial charge in [-0.2, -0.15) is 0 Å². The first-order chi connectivity index (χ1) is 14.7. The summed E-state index contributed by atoms with van der Waals surface area (Å²) in [6.45, 7) is 10.7. The molecule has 2 aliphatic rings. The lowest BCUT2D eigenvalue weighted by Gasteiger charge is -2.39. The maximum atomic E-state index is 12.4. The van der Waals surface area contributed by atoms with Crippen molar-refractivity contribution in [3.05, 3.63) is 58.7 Å². The number of hydrogen-bond acceptors (Lipinski definition) is 4. The Hall–Kier alpha value is -2.66. The number of anilines is 1. The van der Waals surface area contributed by atoms with Gasteiger partial charge in [0.2, 0.25) is 0 Å². The third kappa shape index (κ3) is 4.11. The minimum Gasteiger partial charge on any atom is -0.479 e. The Morgan fingerprint density at radius 1 is 1.16 bits per heavy atom. The van der Waals surface area contributed by atoms with Gasteiger partial charge in [0.05, 0.1) is 11.3 Å². The van der Waals surface area contributed by atoms with Gasteiger partial charge in [0, 0.05) is 29.8 Å². The molecule has 0 amide bonds. The van der Waals surface area contributed by atoms with Crippen molar-refractivity contribution in [3.63, 3.8) is 0 Å². The predicted molar refractivity (Wildman–Crippen MR) is 125 cm³/mol. The standard InChI is InChI=1S/C26H32N2O3/c1-15-18(13-12-17-9-8-14-27-23(15)17)22-19-10-6-7-11-20(19)28-16(2)21(22)24(25(29)30)31-26(3,4)5/h6-7,10-13,21-22,24,27H,8-9,14H2,1-5H3,(H,29,30)/t21?,22?,24-/m0/s1. The van der Waals surface area contributed by atoms with Crippen molar-refractivity contribution < 1.29 is 14.6 Å². The zero-order valence-corrected chi connectivity index (χ0v) is 19.0. The predicted octanol–water partition coefficient (Wildman–Crippen LogP) is 5.48. The number of carbonyl (C=O) groups is 1. The fourth-order valence-corrected chi connectivity index (χ4v) is 5.03. The molecule has 5 nitrogen and oxygen atoms in total. The van der Waals surface area contributed by atoms with Gasteiger partial charge in [0.1, 0.15) is 0 Å². The van der Waals surface area contributed by atoms with Gasteiger partial charge in [0.25, 0.3) is 0 Å². The number of aliphatic carboxylic acids is 1. The van der Waals surface area contributed by atoms with E-state index < -0.39 is 23.6 Å². The SMILES string of the molecule is CC1=Nc2ccccc2C(c2ccc3c(c2C)NCCC3)C1[C@H](OC(C)(C)C)C(=O)O. The molecule has 31 heavy (non-hydrogen) atoms. The molecule has 0 fully saturated rings. The van der Waals surface area contributed by atoms with Crippen LogP contribution >= 0.6 is 0 Å². The molecule has 0 saturated carbocycles. The van der Waals surface area contributed by atoms with Crippen molar-refractivity contribution in [2.45, 2.75) is 65.1 Å². The van der Waals surface area contributed by atoms with E-state index in [1.54, 1.807) is 0 Å². The summed E-state index contributed by atoms with van der Waals surface area (Å²) < 4.78 is 6.13. The van der Waals surface area contributed by atoms with E-state index in [-0.39, 0.29) is 5.92 Å². The summed E-state index contributed by atoms with van der Waals surface area (Å²) >= 11 is 0. The lowest BCUT2D eigenvalue weighted by Crippen LogP contribution is -2.45. The maximum absolute atomic E-state index is 12.4. The maximum Gasteiger partial charge on any atom is 0.333 e. The van der Waals surface area contributed by atoms with Gasteiger partial charge in [-0.3, -0.25) is 4.99 Å². The number of aryl methyl sites for hydroxylation is 1. The first-order valence-corrected chi connectivity index (χ1v) is 11.1. The van der Waals surface area contributed by atoms with Gasteiger partial charge < -0.3 is 15.2 Å². The number of fused-ring (bicyclic) bond motifs is 2. The van der Waals surface area contributed by atoms with E-state index in [0.717, 1.165) is 41.9 Å². The number of ether oxygens (including phenoxy) is 1. The number of nitrogens with zero attached hydrogens (tertiary/aromatic N) is 1. The van der Waals surface area contributed by atoms with Crippen LogP contribution in [0.25, 0.3) is 0 Å². The van der Waals surface area contributed by atoms with Crippen LogP contribution in [0.2, 0.25) is 0 Å². The van der Waals surface area contributed by atoms with Crippen LogP contribution in [-0.2, 0) is 16.0 Å². The minimum absolute atomic E-state index is 0.147. The molecule has 0 spiro atoms. The monoisotopic (exact) mass is 420 g/mol. The van der Waals surface area contributed by atoms with E-state index in [1.807, 2.05) is 45.9 Å². The Bertz CT molecular complexity index is 1040. The zero-order valence-electron chi connectivity index (χ0n) is 19.0. The lowest BCUT2D eigenvalue weighted by atomic mass is 9.71. The summed E-state index contributed by atoms with van der Waals surface area (Å²) in [6.07, 6.45) is 1.21. The molecule has 4 rings (SSSR count). The van der Waals surface area contributed by atoms with Crippen molar-refractivity contribution >= 4 is 23.1 Å². The first-order valence-electron chi connectivity index (χ1n) is 11.1. The fourth-order valence-electron chi connectivity index (χ4n) is 5.03. The van der Waals surface area contributed by atoms with Gasteiger partial charge >= 0.3 is 5.97 Å². The molecule has 0 aromatic heterocycles. The van der Waals surface area contributed by atoms with E-state index in [1.165, 1.54) is 16.8 Å². The second-order valence-electron chi connectivity index (χ2n) is 9.65. The summed E-state index contributed by atoms with van der Waals surface area (Å²) in [4.78, 5) is 17.2. The molecule has 0 radical (unpaired) electrons. The van der Waals surface area contributed by atoms with Gasteiger partial charge in [0.15, 0.2) is 6.10 Å². The van der Waals surface area contributed by atoms with E-state index in [2.05, 4.69) is 30.4 Å². The molecule has 0 saturated heterocycles. The number of hydrogen-bond donors (Lipinski definition) is 2. The molecule has 5 heteroatoms. The minimum atomic E-state index is -0.995. The van der Waals surface area contributed by atoms with Gasteiger partial charge in [-0.05, 0) is 75.8 Å². The Balaban J connectivity index is 1.91. The van der Waals surface area contributed by atoms with Gasteiger partial charge in [-0.15, -0.1) is 0 Å². The number of benzene rings is 2. The Morgan fingerprint density at radius 2 is 1.90 bits per heavy atom. The van der Waals surface area contributed by atoms with E-state index in [4.69, 9.17) is 9.73 Å². The molecular formula is C26H32N2O3. The molecule has 2 aromatic rings. The number of para-hydroxylation sites is 1. The largest absolute Gasteiger partial charge is 0.479 e. The highest BCUT2D eigenvalue weighted by Gasteiger charge is 2.44. The molecule has 2 aliphatic heterocycles. The van der Waals surface area contributed by atoms with Crippen LogP contribution in [0.1, 0.15) is 62.3 Å². The van der Waals surface area contributed by atoms with Crippen molar-refractivity contribution in [3.8, 4) is 0 Å². The topological polar surface area (TPSA) is 70.9 Å². The zero-order chi connectivity index (χ0) is 22.3. The Morgan fingerprint density at radius 3 is 2.61 bits per heavy atom. The Kier molecular flexibility index (Phi) is 5.65. The summed E-state index contributed by atoms with van der Waals surface area (Å²) in [6, 6.07) is 12.5.